The van der Waals surface area contributed by atoms with Crippen LogP contribution in [0.5, 0.6) is 5.75 Å². The number of hydrogen-bond acceptors (Lipinski definition) is 4. The van der Waals surface area contributed by atoms with Crippen LogP contribution in [0.4, 0.5) is 0 Å². The van der Waals surface area contributed by atoms with E-state index in [9.17, 15) is 13.5 Å². The molecule has 1 aliphatic heterocycles. The van der Waals surface area contributed by atoms with Crippen molar-refractivity contribution in [3.8, 4) is 5.75 Å². The molecule has 0 bridgehead atoms. The molecule has 2 rings (SSSR count). The Kier molecular flexibility index (Phi) is 4.50. The summed E-state index contributed by atoms with van der Waals surface area (Å²) in [4.78, 5) is 0. The first kappa shape index (κ1) is 14.8. The number of hydrogen-bond donors (Lipinski definition) is 1. The van der Waals surface area contributed by atoms with Gasteiger partial charge in [-0.3, -0.25) is 0 Å². The lowest BCUT2D eigenvalue weighted by Gasteiger charge is -2.16. The Balaban J connectivity index is 2.16. The van der Waals surface area contributed by atoms with Crippen LogP contribution in [0.25, 0.3) is 0 Å². The molecule has 1 atom stereocenters. The second-order valence-corrected chi connectivity index (χ2v) is 7.35. The molecule has 0 aliphatic carbocycles. The summed E-state index contributed by atoms with van der Waals surface area (Å²) in [7, 11) is -1.84. The molecule has 5 nitrogen and oxygen atoms in total. The Labute approximate surface area is 121 Å². The van der Waals surface area contributed by atoms with Crippen LogP contribution in [-0.2, 0) is 15.8 Å². The predicted octanol–water partition coefficient (Wildman–Crippen LogP) is 1.35. The number of halogens is 1. The summed E-state index contributed by atoms with van der Waals surface area (Å²) in [5, 5.41) is 9.42. The highest BCUT2D eigenvalue weighted by Gasteiger charge is 2.30. The first-order valence-electron chi connectivity index (χ1n) is 5.90. The molecule has 0 aromatic heterocycles. The first-order valence-corrected chi connectivity index (χ1v) is 8.31. The first-order chi connectivity index (χ1) is 8.92. The van der Waals surface area contributed by atoms with E-state index in [2.05, 4.69) is 15.9 Å². The highest BCUT2D eigenvalue weighted by atomic mass is 79.9. The van der Waals surface area contributed by atoms with E-state index in [0.29, 0.717) is 24.3 Å². The minimum Gasteiger partial charge on any atom is -0.496 e. The van der Waals surface area contributed by atoms with Gasteiger partial charge in [0.15, 0.2) is 0 Å². The van der Waals surface area contributed by atoms with Crippen molar-refractivity contribution in [1.82, 2.24) is 4.31 Å². The average molecular weight is 350 g/mol. The van der Waals surface area contributed by atoms with Crippen molar-refractivity contribution < 1.29 is 18.3 Å². The van der Waals surface area contributed by atoms with Gasteiger partial charge in [0.1, 0.15) is 5.75 Å². The van der Waals surface area contributed by atoms with Crippen LogP contribution in [0.3, 0.4) is 0 Å². The Morgan fingerprint density at radius 3 is 2.84 bits per heavy atom. The number of rotatable bonds is 4. The summed E-state index contributed by atoms with van der Waals surface area (Å²) >= 11 is 3.33. The number of nitrogens with zero attached hydrogens (tertiary/aromatic N) is 1. The van der Waals surface area contributed by atoms with Crippen molar-refractivity contribution >= 4 is 26.0 Å². The third kappa shape index (κ3) is 3.47. The van der Waals surface area contributed by atoms with Crippen LogP contribution in [0, 0.1) is 0 Å². The summed E-state index contributed by atoms with van der Waals surface area (Å²) in [5.41, 5.74) is 0.668. The molecule has 0 radical (unpaired) electrons. The normalized spacial score (nSPS) is 20.7. The maximum Gasteiger partial charge on any atom is 0.218 e. The molecule has 1 aromatic carbocycles. The second-order valence-electron chi connectivity index (χ2n) is 4.53. The molecule has 0 saturated carbocycles. The number of ether oxygens (including phenoxy) is 1. The number of aliphatic hydroxyl groups is 1. The van der Waals surface area contributed by atoms with E-state index in [1.54, 1.807) is 18.2 Å². The third-order valence-electron chi connectivity index (χ3n) is 3.08. The zero-order chi connectivity index (χ0) is 14.0. The minimum absolute atomic E-state index is 0.0800. The molecule has 1 unspecified atom stereocenters. The minimum atomic E-state index is -3.38. The molecule has 106 valence electrons. The van der Waals surface area contributed by atoms with Crippen LogP contribution in [-0.4, -0.2) is 44.1 Å². The fourth-order valence-electron chi connectivity index (χ4n) is 2.06. The lowest BCUT2D eigenvalue weighted by atomic mass is 10.2. The van der Waals surface area contributed by atoms with Gasteiger partial charge in [0.2, 0.25) is 10.0 Å². The molecule has 0 amide bonds. The summed E-state index contributed by atoms with van der Waals surface area (Å²) in [6.45, 7) is 0.577. The van der Waals surface area contributed by atoms with E-state index in [1.807, 2.05) is 0 Å². The largest absolute Gasteiger partial charge is 0.496 e. The van der Waals surface area contributed by atoms with Crippen LogP contribution < -0.4 is 4.74 Å². The topological polar surface area (TPSA) is 66.8 Å². The van der Waals surface area contributed by atoms with Gasteiger partial charge in [-0.1, -0.05) is 6.07 Å². The van der Waals surface area contributed by atoms with Gasteiger partial charge in [0.05, 0.1) is 23.4 Å². The fourth-order valence-corrected chi connectivity index (χ4v) is 4.03. The Hall–Kier alpha value is -0.630. The molecule has 1 saturated heterocycles. The summed E-state index contributed by atoms with van der Waals surface area (Å²) < 4.78 is 31.7. The molecule has 7 heteroatoms. The number of methoxy groups -OCH3 is 1. The molecular weight excluding hydrogens is 334 g/mol. The second kappa shape index (κ2) is 5.78. The van der Waals surface area contributed by atoms with Crippen LogP contribution >= 0.6 is 15.9 Å². The van der Waals surface area contributed by atoms with Gasteiger partial charge in [-0.2, -0.15) is 4.31 Å². The zero-order valence-corrected chi connectivity index (χ0v) is 12.9. The maximum absolute atomic E-state index is 12.2. The number of sulfonamides is 1. The summed E-state index contributed by atoms with van der Waals surface area (Å²) in [5.74, 6) is 0.526. The lowest BCUT2D eigenvalue weighted by molar-refractivity contribution is 0.189. The monoisotopic (exact) mass is 349 g/mol. The quantitative estimate of drug-likeness (QED) is 0.890. The van der Waals surface area contributed by atoms with Crippen molar-refractivity contribution in [3.63, 3.8) is 0 Å². The van der Waals surface area contributed by atoms with E-state index in [0.717, 1.165) is 4.47 Å². The van der Waals surface area contributed by atoms with Gasteiger partial charge in [0.25, 0.3) is 0 Å². The maximum atomic E-state index is 12.2. The van der Waals surface area contributed by atoms with E-state index in [1.165, 1.54) is 11.4 Å². The van der Waals surface area contributed by atoms with Crippen molar-refractivity contribution in [1.29, 1.82) is 0 Å². The number of aliphatic hydroxyl groups excluding tert-OH is 1. The van der Waals surface area contributed by atoms with Gasteiger partial charge in [-0.05, 0) is 40.0 Å². The van der Waals surface area contributed by atoms with Gasteiger partial charge < -0.3 is 9.84 Å². The predicted molar refractivity (Wildman–Crippen MR) is 75.5 cm³/mol. The molecular formula is C12H16BrNO4S. The molecule has 1 fully saturated rings. The molecule has 0 spiro atoms. The Bertz CT molecular complexity index is 561. The smallest absolute Gasteiger partial charge is 0.218 e. The highest BCUT2D eigenvalue weighted by Crippen LogP contribution is 2.27. The third-order valence-corrected chi connectivity index (χ3v) is 5.56. The van der Waals surface area contributed by atoms with Gasteiger partial charge in [-0.15, -0.1) is 0 Å². The molecule has 19 heavy (non-hydrogen) atoms. The summed E-state index contributed by atoms with van der Waals surface area (Å²) in [6, 6.07) is 5.22. The molecule has 1 aromatic rings. The zero-order valence-electron chi connectivity index (χ0n) is 10.5. The van der Waals surface area contributed by atoms with Gasteiger partial charge >= 0.3 is 0 Å². The average Bonchev–Trinajstić information content (AvgIpc) is 2.79. The van der Waals surface area contributed by atoms with Crippen LogP contribution in [0.15, 0.2) is 22.7 Å². The highest BCUT2D eigenvalue weighted by molar-refractivity contribution is 9.10. The van der Waals surface area contributed by atoms with E-state index in [-0.39, 0.29) is 12.3 Å². The van der Waals surface area contributed by atoms with E-state index >= 15 is 0 Å². The van der Waals surface area contributed by atoms with Gasteiger partial charge in [-0.25, -0.2) is 8.42 Å². The summed E-state index contributed by atoms with van der Waals surface area (Å²) in [6.07, 6.45) is -0.0441. The molecule has 1 aliphatic rings. The Morgan fingerprint density at radius 1 is 1.53 bits per heavy atom. The Morgan fingerprint density at radius 2 is 2.26 bits per heavy atom. The molecule has 1 N–H and O–H groups in total. The number of benzene rings is 1. The SMILES string of the molecule is COc1cc(CS(=O)(=O)N2CCC(O)C2)ccc1Br. The van der Waals surface area contributed by atoms with Crippen LogP contribution in [0.2, 0.25) is 0 Å². The lowest BCUT2D eigenvalue weighted by Crippen LogP contribution is -2.30. The van der Waals surface area contributed by atoms with Crippen LogP contribution in [0.1, 0.15) is 12.0 Å². The molecule has 1 heterocycles. The fraction of sp³-hybridized carbons (Fsp3) is 0.500. The van der Waals surface area contributed by atoms with E-state index in [4.69, 9.17) is 4.74 Å². The van der Waals surface area contributed by atoms with Crippen molar-refractivity contribution in [2.45, 2.75) is 18.3 Å². The number of β-amino-alcohol motifs (C(OH)–C–C–N with tert-alkyl or cyclic N) is 1. The van der Waals surface area contributed by atoms with Crippen molar-refractivity contribution in [2.75, 3.05) is 20.2 Å². The van der Waals surface area contributed by atoms with Crippen molar-refractivity contribution in [2.24, 2.45) is 0 Å². The van der Waals surface area contributed by atoms with Crippen molar-refractivity contribution in [3.05, 3.63) is 28.2 Å². The van der Waals surface area contributed by atoms with Gasteiger partial charge in [0, 0.05) is 13.1 Å². The standard InChI is InChI=1S/C12H16BrNO4S/c1-18-12-6-9(2-3-11(12)13)8-19(16,17)14-5-4-10(15)7-14/h2-3,6,10,15H,4-5,7-8H2,1H3. The van der Waals surface area contributed by atoms with E-state index < -0.39 is 16.1 Å².